The molecule has 20 heavy (non-hydrogen) atoms. The molecule has 1 unspecified atom stereocenters. The van der Waals surface area contributed by atoms with Crippen molar-refractivity contribution < 1.29 is 9.18 Å². The number of carbonyl (C=O) groups excluding carboxylic acids is 1. The zero-order valence-corrected chi connectivity index (χ0v) is 12.4. The summed E-state index contributed by atoms with van der Waals surface area (Å²) in [5.41, 5.74) is 0.310. The Kier molecular flexibility index (Phi) is 4.43. The van der Waals surface area contributed by atoms with Gasteiger partial charge >= 0.3 is 0 Å². The van der Waals surface area contributed by atoms with Crippen molar-refractivity contribution in [2.45, 2.75) is 26.7 Å². The average molecular weight is 278 g/mol. The first-order valence-electron chi connectivity index (χ1n) is 7.17. The van der Waals surface area contributed by atoms with Gasteiger partial charge in [-0.1, -0.05) is 13.8 Å². The van der Waals surface area contributed by atoms with Gasteiger partial charge in [-0.2, -0.15) is 0 Å². The molecule has 1 aromatic carbocycles. The zero-order valence-electron chi connectivity index (χ0n) is 12.4. The normalized spacial score (nSPS) is 19.7. The van der Waals surface area contributed by atoms with Crippen LogP contribution in [0.3, 0.4) is 0 Å². The molecule has 3 nitrogen and oxygen atoms in total. The summed E-state index contributed by atoms with van der Waals surface area (Å²) in [5.74, 6) is 0.134. The molecule has 1 heterocycles. The average Bonchev–Trinajstić information content (AvgIpc) is 2.47. The Morgan fingerprint density at radius 1 is 1.35 bits per heavy atom. The van der Waals surface area contributed by atoms with Crippen molar-refractivity contribution in [3.8, 4) is 0 Å². The molecular formula is C16H23FN2O. The van der Waals surface area contributed by atoms with Gasteiger partial charge < -0.3 is 10.2 Å². The van der Waals surface area contributed by atoms with E-state index in [2.05, 4.69) is 5.32 Å². The highest BCUT2D eigenvalue weighted by Gasteiger charge is 2.39. The van der Waals surface area contributed by atoms with Gasteiger partial charge in [0.05, 0.1) is 0 Å². The van der Waals surface area contributed by atoms with Crippen LogP contribution in [0.2, 0.25) is 0 Å². The molecule has 0 aliphatic carbocycles. The van der Waals surface area contributed by atoms with Gasteiger partial charge in [-0.15, -0.1) is 0 Å². The van der Waals surface area contributed by atoms with Crippen molar-refractivity contribution >= 4 is 11.6 Å². The van der Waals surface area contributed by atoms with E-state index in [0.29, 0.717) is 5.92 Å². The molecule has 0 radical (unpaired) electrons. The lowest BCUT2D eigenvalue weighted by atomic mass is 9.74. The highest BCUT2D eigenvalue weighted by molar-refractivity contribution is 5.96. The number of benzene rings is 1. The maximum atomic E-state index is 13.0. The molecule has 1 fully saturated rings. The summed E-state index contributed by atoms with van der Waals surface area (Å²) in [6.45, 7) is 5.94. The molecule has 1 aliphatic heterocycles. The minimum atomic E-state index is -0.420. The fourth-order valence-corrected chi connectivity index (χ4v) is 2.86. The van der Waals surface area contributed by atoms with Crippen LogP contribution in [0.15, 0.2) is 24.3 Å². The van der Waals surface area contributed by atoms with Crippen LogP contribution < -0.4 is 10.2 Å². The second-order valence-corrected chi connectivity index (χ2v) is 6.11. The largest absolute Gasteiger partial charge is 0.316 e. The van der Waals surface area contributed by atoms with Gasteiger partial charge in [-0.3, -0.25) is 4.79 Å². The Bertz CT molecular complexity index is 464. The second-order valence-electron chi connectivity index (χ2n) is 6.11. The summed E-state index contributed by atoms with van der Waals surface area (Å²) in [6.07, 6.45) is 2.19. The summed E-state index contributed by atoms with van der Waals surface area (Å²) in [7, 11) is 1.76. The molecule has 0 aromatic heterocycles. The molecule has 1 atom stereocenters. The van der Waals surface area contributed by atoms with Crippen LogP contribution >= 0.6 is 0 Å². The molecule has 0 spiro atoms. The van der Waals surface area contributed by atoms with Crippen molar-refractivity contribution in [1.82, 2.24) is 5.32 Å². The number of amides is 1. The molecule has 4 heteroatoms. The Morgan fingerprint density at radius 3 is 2.55 bits per heavy atom. The van der Waals surface area contributed by atoms with Crippen LogP contribution in [0.4, 0.5) is 10.1 Å². The van der Waals surface area contributed by atoms with Crippen molar-refractivity contribution in [3.63, 3.8) is 0 Å². The molecule has 0 saturated carbocycles. The first-order chi connectivity index (χ1) is 9.43. The van der Waals surface area contributed by atoms with Gasteiger partial charge in [-0.25, -0.2) is 4.39 Å². The Labute approximate surface area is 120 Å². The van der Waals surface area contributed by atoms with E-state index in [1.807, 2.05) is 13.8 Å². The summed E-state index contributed by atoms with van der Waals surface area (Å²) < 4.78 is 13.0. The van der Waals surface area contributed by atoms with E-state index in [-0.39, 0.29) is 11.7 Å². The minimum Gasteiger partial charge on any atom is -0.316 e. The fourth-order valence-electron chi connectivity index (χ4n) is 2.86. The number of carbonyl (C=O) groups is 1. The van der Waals surface area contributed by atoms with Crippen molar-refractivity contribution in [2.75, 3.05) is 25.0 Å². The van der Waals surface area contributed by atoms with Gasteiger partial charge in [0.1, 0.15) is 5.82 Å². The number of hydrogen-bond donors (Lipinski definition) is 1. The number of halogens is 1. The number of nitrogens with one attached hydrogen (secondary N) is 1. The second kappa shape index (κ2) is 5.92. The molecule has 1 N–H and O–H groups in total. The third-order valence-corrected chi connectivity index (χ3v) is 4.39. The summed E-state index contributed by atoms with van der Waals surface area (Å²) in [6, 6.07) is 6.05. The van der Waals surface area contributed by atoms with E-state index in [1.165, 1.54) is 12.1 Å². The molecule has 1 aromatic rings. The van der Waals surface area contributed by atoms with Crippen molar-refractivity contribution in [1.29, 1.82) is 0 Å². The lowest BCUT2D eigenvalue weighted by molar-refractivity contribution is -0.129. The van der Waals surface area contributed by atoms with E-state index in [4.69, 9.17) is 0 Å². The molecule has 1 amide bonds. The quantitative estimate of drug-likeness (QED) is 0.922. The Hall–Kier alpha value is -1.42. The van der Waals surface area contributed by atoms with Crippen LogP contribution in [0.25, 0.3) is 0 Å². The molecule has 1 aliphatic rings. The highest BCUT2D eigenvalue weighted by Crippen LogP contribution is 2.34. The number of nitrogens with zero attached hydrogens (tertiary/aromatic N) is 1. The predicted molar refractivity (Wildman–Crippen MR) is 79.2 cm³/mol. The number of rotatable bonds is 3. The van der Waals surface area contributed by atoms with Gasteiger partial charge in [-0.05, 0) is 56.1 Å². The van der Waals surface area contributed by atoms with Gasteiger partial charge in [0.15, 0.2) is 0 Å². The van der Waals surface area contributed by atoms with Crippen LogP contribution in [0.5, 0.6) is 0 Å². The third kappa shape index (κ3) is 3.01. The van der Waals surface area contributed by atoms with E-state index in [1.54, 1.807) is 24.1 Å². The van der Waals surface area contributed by atoms with E-state index in [9.17, 15) is 9.18 Å². The standard InChI is InChI=1S/C16H23FN2O/c1-16(2,12-5-4-10-18-11-12)15(20)19(3)14-8-6-13(17)7-9-14/h6-9,12,18H,4-5,10-11H2,1-3H3. The highest BCUT2D eigenvalue weighted by atomic mass is 19.1. The molecule has 2 rings (SSSR count). The minimum absolute atomic E-state index is 0.0813. The third-order valence-electron chi connectivity index (χ3n) is 4.39. The lowest BCUT2D eigenvalue weighted by Crippen LogP contribution is -2.48. The summed E-state index contributed by atoms with van der Waals surface area (Å²) in [5, 5.41) is 3.36. The van der Waals surface area contributed by atoms with E-state index < -0.39 is 5.41 Å². The first kappa shape index (κ1) is 15.0. The van der Waals surface area contributed by atoms with Crippen molar-refractivity contribution in [2.24, 2.45) is 11.3 Å². The lowest BCUT2D eigenvalue weighted by Gasteiger charge is -2.38. The number of hydrogen-bond acceptors (Lipinski definition) is 2. The van der Waals surface area contributed by atoms with E-state index >= 15 is 0 Å². The first-order valence-corrected chi connectivity index (χ1v) is 7.17. The fraction of sp³-hybridized carbons (Fsp3) is 0.562. The van der Waals surface area contributed by atoms with Crippen molar-refractivity contribution in [3.05, 3.63) is 30.1 Å². The maximum Gasteiger partial charge on any atom is 0.232 e. The van der Waals surface area contributed by atoms with E-state index in [0.717, 1.165) is 31.6 Å². The zero-order chi connectivity index (χ0) is 14.8. The molecular weight excluding hydrogens is 255 g/mol. The van der Waals surface area contributed by atoms with Crippen LogP contribution in [0.1, 0.15) is 26.7 Å². The Balaban J connectivity index is 2.14. The topological polar surface area (TPSA) is 32.3 Å². The molecule has 0 bridgehead atoms. The van der Waals surface area contributed by atoms with Gasteiger partial charge in [0.2, 0.25) is 5.91 Å². The smallest absolute Gasteiger partial charge is 0.232 e. The summed E-state index contributed by atoms with van der Waals surface area (Å²) >= 11 is 0. The number of piperidine rings is 1. The number of anilines is 1. The Morgan fingerprint density at radius 2 is 2.00 bits per heavy atom. The maximum absolute atomic E-state index is 13.0. The molecule has 110 valence electrons. The van der Waals surface area contributed by atoms with Gasteiger partial charge in [0.25, 0.3) is 0 Å². The van der Waals surface area contributed by atoms with Crippen LogP contribution in [-0.2, 0) is 4.79 Å². The predicted octanol–water partition coefficient (Wildman–Crippen LogP) is 2.81. The van der Waals surface area contributed by atoms with Crippen LogP contribution in [0, 0.1) is 17.2 Å². The SMILES string of the molecule is CN(C(=O)C(C)(C)C1CCCNC1)c1ccc(F)cc1. The van der Waals surface area contributed by atoms with Gasteiger partial charge in [0, 0.05) is 18.2 Å². The summed E-state index contributed by atoms with van der Waals surface area (Å²) in [4.78, 5) is 14.4. The molecule has 1 saturated heterocycles. The van der Waals surface area contributed by atoms with Crippen LogP contribution in [-0.4, -0.2) is 26.0 Å². The monoisotopic (exact) mass is 278 g/mol.